The fourth-order valence-electron chi connectivity index (χ4n) is 2.58. The minimum Gasteiger partial charge on any atom is -0.463 e. The molecule has 20 heavy (non-hydrogen) atoms. The summed E-state index contributed by atoms with van der Waals surface area (Å²) in [6.45, 7) is 2.81. The van der Waals surface area contributed by atoms with Crippen LogP contribution in [0.25, 0.3) is 11.0 Å². The van der Waals surface area contributed by atoms with E-state index in [-0.39, 0.29) is 18.3 Å². The maximum Gasteiger partial charge on any atom is 0.255 e. The topological polar surface area (TPSA) is 54.3 Å². The lowest BCUT2D eigenvalue weighted by atomic mass is 9.99. The van der Waals surface area contributed by atoms with Crippen LogP contribution in [0.3, 0.4) is 0 Å². The summed E-state index contributed by atoms with van der Waals surface area (Å²) in [4.78, 5) is 12.2. The largest absolute Gasteiger partial charge is 0.463 e. The van der Waals surface area contributed by atoms with Crippen molar-refractivity contribution in [2.45, 2.75) is 12.8 Å². The van der Waals surface area contributed by atoms with E-state index in [2.05, 4.69) is 10.6 Å². The van der Waals surface area contributed by atoms with E-state index in [0.717, 1.165) is 30.6 Å². The van der Waals surface area contributed by atoms with Crippen LogP contribution in [0.4, 0.5) is 0 Å². The average molecular weight is 295 g/mol. The third kappa shape index (κ3) is 3.14. The van der Waals surface area contributed by atoms with Gasteiger partial charge in [-0.3, -0.25) is 4.79 Å². The molecule has 0 bridgehead atoms. The van der Waals surface area contributed by atoms with E-state index >= 15 is 0 Å². The summed E-state index contributed by atoms with van der Waals surface area (Å²) in [6.07, 6.45) is 3.91. The maximum absolute atomic E-state index is 12.2. The highest BCUT2D eigenvalue weighted by Crippen LogP contribution is 2.20. The molecule has 1 atom stereocenters. The number of benzene rings is 1. The van der Waals surface area contributed by atoms with Crippen molar-refractivity contribution in [3.63, 3.8) is 0 Å². The molecule has 0 saturated carbocycles. The number of rotatable bonds is 3. The number of carbonyl (C=O) groups excluding carboxylic acids is 1. The van der Waals surface area contributed by atoms with Crippen LogP contribution in [0.15, 0.2) is 34.9 Å². The number of amides is 1. The lowest BCUT2D eigenvalue weighted by molar-refractivity contribution is 0.0945. The highest BCUT2D eigenvalue weighted by Gasteiger charge is 2.17. The summed E-state index contributed by atoms with van der Waals surface area (Å²) < 4.78 is 5.39. The lowest BCUT2D eigenvalue weighted by Crippen LogP contribution is -2.38. The first-order valence-electron chi connectivity index (χ1n) is 6.80. The molecule has 1 aromatic heterocycles. The molecule has 1 amide bonds. The molecule has 0 spiro atoms. The fourth-order valence-corrected chi connectivity index (χ4v) is 2.58. The smallest absolute Gasteiger partial charge is 0.255 e. The summed E-state index contributed by atoms with van der Waals surface area (Å²) in [5.41, 5.74) is 1.38. The lowest BCUT2D eigenvalue weighted by Gasteiger charge is -2.22. The van der Waals surface area contributed by atoms with Crippen LogP contribution in [-0.4, -0.2) is 25.5 Å². The second-order valence-corrected chi connectivity index (χ2v) is 5.07. The number of nitrogens with one attached hydrogen (secondary N) is 2. The molecular formula is C15H19ClN2O2. The molecule has 2 heterocycles. The van der Waals surface area contributed by atoms with Crippen molar-refractivity contribution in [1.82, 2.24) is 10.6 Å². The zero-order valence-corrected chi connectivity index (χ0v) is 12.0. The number of piperidine rings is 1. The molecule has 3 rings (SSSR count). The van der Waals surface area contributed by atoms with Crippen molar-refractivity contribution < 1.29 is 9.21 Å². The standard InChI is InChI=1S/C15H18N2O2.ClH/c18-15(17-9-11-4-3-7-16-8-11)13-10-19-14-6-2-1-5-12(13)14;/h1-2,5-6,10-11,16H,3-4,7-9H2,(H,17,18);1H. The van der Waals surface area contributed by atoms with E-state index in [1.807, 2.05) is 24.3 Å². The van der Waals surface area contributed by atoms with Crippen LogP contribution >= 0.6 is 12.4 Å². The van der Waals surface area contributed by atoms with Gasteiger partial charge in [0, 0.05) is 11.9 Å². The molecule has 2 aromatic rings. The first kappa shape index (κ1) is 14.9. The van der Waals surface area contributed by atoms with Crippen LogP contribution in [0.5, 0.6) is 0 Å². The molecule has 1 saturated heterocycles. The van der Waals surface area contributed by atoms with Gasteiger partial charge in [-0.2, -0.15) is 0 Å². The van der Waals surface area contributed by atoms with E-state index in [0.29, 0.717) is 11.5 Å². The van der Waals surface area contributed by atoms with Gasteiger partial charge in [0.1, 0.15) is 11.8 Å². The Hall–Kier alpha value is -1.52. The Morgan fingerprint density at radius 1 is 1.40 bits per heavy atom. The molecule has 0 aliphatic carbocycles. The van der Waals surface area contributed by atoms with Crippen molar-refractivity contribution in [3.8, 4) is 0 Å². The first-order chi connectivity index (χ1) is 9.34. The third-order valence-electron chi connectivity index (χ3n) is 3.68. The molecule has 2 N–H and O–H groups in total. The quantitative estimate of drug-likeness (QED) is 0.915. The molecule has 1 aromatic carbocycles. The van der Waals surface area contributed by atoms with Gasteiger partial charge in [-0.05, 0) is 37.9 Å². The van der Waals surface area contributed by atoms with Crippen LogP contribution in [0, 0.1) is 5.92 Å². The van der Waals surface area contributed by atoms with E-state index in [1.165, 1.54) is 12.8 Å². The summed E-state index contributed by atoms with van der Waals surface area (Å²) in [6, 6.07) is 7.61. The van der Waals surface area contributed by atoms with Crippen LogP contribution < -0.4 is 10.6 Å². The van der Waals surface area contributed by atoms with Crippen LogP contribution in [0.2, 0.25) is 0 Å². The Bertz CT molecular complexity index is 576. The van der Waals surface area contributed by atoms with Crippen molar-refractivity contribution in [3.05, 3.63) is 36.1 Å². The molecular weight excluding hydrogens is 276 g/mol. The molecule has 108 valence electrons. The van der Waals surface area contributed by atoms with Gasteiger partial charge in [0.2, 0.25) is 0 Å². The number of hydrogen-bond donors (Lipinski definition) is 2. The third-order valence-corrected chi connectivity index (χ3v) is 3.68. The molecule has 1 aliphatic rings. The number of halogens is 1. The van der Waals surface area contributed by atoms with E-state index in [1.54, 1.807) is 6.26 Å². The highest BCUT2D eigenvalue weighted by atomic mass is 35.5. The number of para-hydroxylation sites is 1. The van der Waals surface area contributed by atoms with Crippen LogP contribution in [-0.2, 0) is 0 Å². The van der Waals surface area contributed by atoms with Gasteiger partial charge in [-0.25, -0.2) is 0 Å². The number of hydrogen-bond acceptors (Lipinski definition) is 3. The summed E-state index contributed by atoms with van der Waals surface area (Å²) in [5.74, 6) is 0.492. The van der Waals surface area contributed by atoms with Crippen molar-refractivity contribution in [2.75, 3.05) is 19.6 Å². The van der Waals surface area contributed by atoms with Crippen LogP contribution in [0.1, 0.15) is 23.2 Å². The Labute approximate surface area is 124 Å². The zero-order chi connectivity index (χ0) is 13.1. The van der Waals surface area contributed by atoms with E-state index < -0.39 is 0 Å². The van der Waals surface area contributed by atoms with Gasteiger partial charge in [-0.15, -0.1) is 12.4 Å². The number of fused-ring (bicyclic) bond motifs is 1. The maximum atomic E-state index is 12.2. The molecule has 0 radical (unpaired) electrons. The molecule has 1 aliphatic heterocycles. The van der Waals surface area contributed by atoms with Gasteiger partial charge in [-0.1, -0.05) is 18.2 Å². The van der Waals surface area contributed by atoms with Gasteiger partial charge in [0.05, 0.1) is 5.56 Å². The SMILES string of the molecule is Cl.O=C(NCC1CCCNC1)c1coc2ccccc12. The summed E-state index contributed by atoms with van der Waals surface area (Å²) in [7, 11) is 0. The Morgan fingerprint density at radius 3 is 3.05 bits per heavy atom. The first-order valence-corrected chi connectivity index (χ1v) is 6.80. The molecule has 1 fully saturated rings. The van der Waals surface area contributed by atoms with Crippen molar-refractivity contribution in [2.24, 2.45) is 5.92 Å². The average Bonchev–Trinajstić information content (AvgIpc) is 2.90. The second kappa shape index (κ2) is 6.77. The second-order valence-electron chi connectivity index (χ2n) is 5.07. The van der Waals surface area contributed by atoms with E-state index in [9.17, 15) is 4.79 Å². The molecule has 4 nitrogen and oxygen atoms in total. The van der Waals surface area contributed by atoms with Gasteiger partial charge < -0.3 is 15.1 Å². The summed E-state index contributed by atoms with van der Waals surface area (Å²) >= 11 is 0. The van der Waals surface area contributed by atoms with Gasteiger partial charge in [0.15, 0.2) is 0 Å². The number of carbonyl (C=O) groups is 1. The minimum atomic E-state index is -0.0458. The minimum absolute atomic E-state index is 0. The summed E-state index contributed by atoms with van der Waals surface area (Å²) in [5, 5.41) is 7.24. The predicted molar refractivity (Wildman–Crippen MR) is 81.4 cm³/mol. The predicted octanol–water partition coefficient (Wildman–Crippen LogP) is 2.58. The monoisotopic (exact) mass is 294 g/mol. The van der Waals surface area contributed by atoms with Gasteiger partial charge >= 0.3 is 0 Å². The molecule has 1 unspecified atom stereocenters. The number of furan rings is 1. The van der Waals surface area contributed by atoms with Gasteiger partial charge in [0.25, 0.3) is 5.91 Å². The zero-order valence-electron chi connectivity index (χ0n) is 11.2. The van der Waals surface area contributed by atoms with Crippen molar-refractivity contribution >= 4 is 29.3 Å². The molecule has 5 heteroatoms. The Kier molecular flexibility index (Phi) is 5.04. The van der Waals surface area contributed by atoms with E-state index in [4.69, 9.17) is 4.42 Å². The Balaban J connectivity index is 0.00000147. The normalized spacial score (nSPS) is 18.5. The van der Waals surface area contributed by atoms with Crippen molar-refractivity contribution in [1.29, 1.82) is 0 Å². The fraction of sp³-hybridized carbons (Fsp3) is 0.400. The Morgan fingerprint density at radius 2 is 2.25 bits per heavy atom. The highest BCUT2D eigenvalue weighted by molar-refractivity contribution is 6.05.